The van der Waals surface area contributed by atoms with E-state index in [0.717, 1.165) is 0 Å². The van der Waals surface area contributed by atoms with E-state index in [9.17, 15) is 4.79 Å². The predicted molar refractivity (Wildman–Crippen MR) is 114 cm³/mol. The largest absolute Gasteiger partial charge is 0.463 e. The second kappa shape index (κ2) is 26.8. The van der Waals surface area contributed by atoms with Crippen LogP contribution in [-0.4, -0.2) is 51.2 Å². The molecule has 0 saturated heterocycles. The molecule has 0 heterocycles. The van der Waals surface area contributed by atoms with Crippen molar-refractivity contribution in [1.29, 1.82) is 0 Å². The quantitative estimate of drug-likeness (QED) is 0.121. The van der Waals surface area contributed by atoms with Crippen LogP contribution >= 0.6 is 12.6 Å². The van der Waals surface area contributed by atoms with Crippen LogP contribution in [0.4, 0.5) is 0 Å². The van der Waals surface area contributed by atoms with Crippen LogP contribution in [0.25, 0.3) is 0 Å². The second-order valence-electron chi connectivity index (χ2n) is 6.39. The number of rotatable bonds is 17. The number of carbonyl (C=O) groups is 1. The molecular formula is C20H42O3SSn. The zero-order chi connectivity index (χ0) is 19.0. The number of hydrogen-bond donors (Lipinski definition) is 2. The van der Waals surface area contributed by atoms with Crippen molar-refractivity contribution in [2.75, 3.05) is 19.0 Å². The molecule has 25 heavy (non-hydrogen) atoms. The molecule has 0 aliphatic heterocycles. The molecular weight excluding hydrogens is 439 g/mol. The third-order valence-corrected chi connectivity index (χ3v) is 8.19. The molecule has 0 fully saturated rings. The average molecular weight is 481 g/mol. The van der Waals surface area contributed by atoms with E-state index in [2.05, 4.69) is 31.2 Å². The normalized spacial score (nSPS) is 10.2. The number of ether oxygens (including phenoxy) is 1. The Labute approximate surface area is 172 Å². The van der Waals surface area contributed by atoms with E-state index in [4.69, 9.17) is 5.11 Å². The molecule has 0 aliphatic carbocycles. The number of aliphatic hydroxyl groups is 1. The third-order valence-electron chi connectivity index (χ3n) is 3.90. The van der Waals surface area contributed by atoms with Crippen molar-refractivity contribution < 1.29 is 14.6 Å². The van der Waals surface area contributed by atoms with Crippen molar-refractivity contribution in [3.05, 3.63) is 0 Å². The monoisotopic (exact) mass is 482 g/mol. The summed E-state index contributed by atoms with van der Waals surface area (Å²) >= 11 is 3.71. The Hall–Kier alpha value is 0.579. The van der Waals surface area contributed by atoms with Gasteiger partial charge < -0.3 is 9.84 Å². The minimum Gasteiger partial charge on any atom is -0.463 e. The standard InChI is InChI=1S/2C8H17.C4H8O3S.Sn/c2*1-3-5-7-8-6-4-2;5-1-2-7-4(6)3-8;/h2*1,3-8H2,2H3;5,8H,1-3H2;. The first-order valence-electron chi connectivity index (χ1n) is 10.3. The molecule has 0 aliphatic rings. The number of carbonyl (C=O) groups excluding carboxylic acids is 1. The van der Waals surface area contributed by atoms with Gasteiger partial charge in [0.15, 0.2) is 0 Å². The summed E-state index contributed by atoms with van der Waals surface area (Å²) in [4.78, 5) is 10.2. The molecule has 1 N–H and O–H groups in total. The van der Waals surface area contributed by atoms with Crippen molar-refractivity contribution in [2.45, 2.75) is 99.8 Å². The van der Waals surface area contributed by atoms with Gasteiger partial charge in [-0.3, -0.25) is 4.79 Å². The van der Waals surface area contributed by atoms with E-state index in [1.165, 1.54) is 64.2 Å². The molecule has 0 amide bonds. The Kier molecular flexibility index (Phi) is 29.8. The fourth-order valence-electron chi connectivity index (χ4n) is 2.39. The Balaban J connectivity index is 0. The van der Waals surface area contributed by atoms with E-state index in [0.29, 0.717) is 0 Å². The van der Waals surface area contributed by atoms with Crippen LogP contribution in [0.2, 0.25) is 8.87 Å². The summed E-state index contributed by atoms with van der Waals surface area (Å²) in [5.74, 6) is -0.331. The van der Waals surface area contributed by atoms with Gasteiger partial charge in [-0.25, -0.2) is 0 Å². The van der Waals surface area contributed by atoms with Crippen LogP contribution in [0, 0.1) is 0 Å². The van der Waals surface area contributed by atoms with E-state index in [-0.39, 0.29) is 40.1 Å². The number of esters is 1. The Morgan fingerprint density at radius 3 is 1.68 bits per heavy atom. The van der Waals surface area contributed by atoms with Gasteiger partial charge in [-0.15, -0.1) is 0 Å². The van der Waals surface area contributed by atoms with Gasteiger partial charge in [-0.1, -0.05) is 0 Å². The van der Waals surface area contributed by atoms with Crippen molar-refractivity contribution in [3.63, 3.8) is 0 Å². The summed E-state index contributed by atoms with van der Waals surface area (Å²) < 4.78 is 7.69. The molecule has 0 bridgehead atoms. The van der Waals surface area contributed by atoms with Crippen molar-refractivity contribution in [1.82, 2.24) is 0 Å². The van der Waals surface area contributed by atoms with Crippen LogP contribution in [0.1, 0.15) is 90.9 Å². The van der Waals surface area contributed by atoms with Crippen molar-refractivity contribution >= 4 is 39.7 Å². The molecule has 2 radical (unpaired) electrons. The molecule has 150 valence electrons. The van der Waals surface area contributed by atoms with Crippen LogP contribution in [0.5, 0.6) is 0 Å². The van der Waals surface area contributed by atoms with Gasteiger partial charge in [0.05, 0.1) is 12.4 Å². The smallest absolute Gasteiger partial charge is 0.315 e. The summed E-state index contributed by atoms with van der Waals surface area (Å²) in [5, 5.41) is 8.11. The molecule has 3 nitrogen and oxygen atoms in total. The zero-order valence-electron chi connectivity index (χ0n) is 16.7. The van der Waals surface area contributed by atoms with Gasteiger partial charge in [0.2, 0.25) is 0 Å². The van der Waals surface area contributed by atoms with E-state index in [1.807, 2.05) is 0 Å². The predicted octanol–water partition coefficient (Wildman–Crippen LogP) is 5.70. The van der Waals surface area contributed by atoms with Gasteiger partial charge >= 0.3 is 127 Å². The molecule has 0 spiro atoms. The summed E-state index contributed by atoms with van der Waals surface area (Å²) in [5.41, 5.74) is 0. The molecule has 0 saturated carbocycles. The number of thiol groups is 1. The SMILES string of the molecule is CCCCCCC[CH2][Sn][CH2]CCCCCCC.O=C(CS)OCCO. The molecule has 0 aromatic rings. The minimum atomic E-state index is -0.401. The van der Waals surface area contributed by atoms with Crippen LogP contribution in [0.15, 0.2) is 0 Å². The number of hydrogen-bond acceptors (Lipinski definition) is 4. The summed E-state index contributed by atoms with van der Waals surface area (Å²) in [7, 11) is 0. The third kappa shape index (κ3) is 29.6. The van der Waals surface area contributed by atoms with Crippen molar-refractivity contribution in [3.8, 4) is 0 Å². The number of unbranched alkanes of at least 4 members (excludes halogenated alkanes) is 10. The van der Waals surface area contributed by atoms with Crippen molar-refractivity contribution in [2.24, 2.45) is 0 Å². The molecule has 0 aromatic heterocycles. The fourth-order valence-corrected chi connectivity index (χ4v) is 6.05. The van der Waals surface area contributed by atoms with Gasteiger partial charge in [0.25, 0.3) is 0 Å². The molecule has 0 rings (SSSR count). The molecule has 0 atom stereocenters. The second-order valence-corrected chi connectivity index (χ2v) is 11.0. The van der Waals surface area contributed by atoms with E-state index >= 15 is 0 Å². The summed E-state index contributed by atoms with van der Waals surface area (Å²) in [6, 6.07) is 0. The Morgan fingerprint density at radius 2 is 1.28 bits per heavy atom. The molecule has 5 heteroatoms. The van der Waals surface area contributed by atoms with E-state index < -0.39 is 5.97 Å². The maximum atomic E-state index is 10.2. The van der Waals surface area contributed by atoms with Crippen LogP contribution in [0.3, 0.4) is 0 Å². The maximum Gasteiger partial charge on any atom is 0.315 e. The number of aliphatic hydroxyl groups excluding tert-OH is 1. The van der Waals surface area contributed by atoms with Crippen LogP contribution in [-0.2, 0) is 9.53 Å². The fraction of sp³-hybridized carbons (Fsp3) is 0.950. The average Bonchev–Trinajstić information content (AvgIpc) is 2.64. The maximum absolute atomic E-state index is 10.2. The van der Waals surface area contributed by atoms with Crippen LogP contribution < -0.4 is 0 Å². The summed E-state index contributed by atoms with van der Waals surface area (Å²) in [6.45, 7) is 4.54. The Bertz CT molecular complexity index is 239. The molecule has 0 aromatic carbocycles. The topological polar surface area (TPSA) is 46.5 Å². The molecule has 0 unspecified atom stereocenters. The van der Waals surface area contributed by atoms with Gasteiger partial charge in [-0.2, -0.15) is 12.6 Å². The zero-order valence-corrected chi connectivity index (χ0v) is 20.5. The van der Waals surface area contributed by atoms with Gasteiger partial charge in [0, 0.05) is 0 Å². The van der Waals surface area contributed by atoms with E-state index in [1.54, 1.807) is 21.7 Å². The summed E-state index contributed by atoms with van der Waals surface area (Å²) in [6.07, 6.45) is 17.8. The first-order chi connectivity index (χ1) is 12.2. The van der Waals surface area contributed by atoms with Gasteiger partial charge in [-0.05, 0) is 0 Å². The minimum absolute atomic E-state index is 0.0688. The van der Waals surface area contributed by atoms with Gasteiger partial charge in [0.1, 0.15) is 6.61 Å². The first-order valence-corrected chi connectivity index (χ1v) is 15.0. The first kappa shape index (κ1) is 27.8. The Morgan fingerprint density at radius 1 is 0.840 bits per heavy atom.